The van der Waals surface area contributed by atoms with Gasteiger partial charge in [-0.1, -0.05) is 71.9 Å². The molecule has 0 fully saturated rings. The molecule has 0 saturated carbocycles. The highest BCUT2D eigenvalue weighted by molar-refractivity contribution is 7.07. The maximum atomic E-state index is 14.3. The van der Waals surface area contributed by atoms with E-state index >= 15 is 0 Å². The van der Waals surface area contributed by atoms with Crippen molar-refractivity contribution in [3.63, 3.8) is 0 Å². The molecule has 224 valence electrons. The zero-order valence-corrected chi connectivity index (χ0v) is 25.4. The van der Waals surface area contributed by atoms with Gasteiger partial charge in [-0.25, -0.2) is 4.99 Å². The van der Waals surface area contributed by atoms with Crippen LogP contribution in [0.1, 0.15) is 31.0 Å². The first kappa shape index (κ1) is 29.5. The number of hydrogen-bond donors (Lipinski definition) is 2. The number of hydrogen-bond acceptors (Lipinski definition) is 7. The number of allylic oxidation sites excluding steroid dienone is 1. The summed E-state index contributed by atoms with van der Waals surface area (Å²) < 4.78 is 13.5. The Balaban J connectivity index is 1.57. The van der Waals surface area contributed by atoms with Crippen molar-refractivity contribution in [1.82, 2.24) is 4.57 Å². The summed E-state index contributed by atoms with van der Waals surface area (Å²) in [7, 11) is 0. The number of phenols is 1. The number of nitrogens with one attached hydrogen (secondary N) is 1. The van der Waals surface area contributed by atoms with Gasteiger partial charge in [0.15, 0.2) is 16.3 Å². The molecule has 0 aliphatic carbocycles. The molecule has 5 aromatic rings. The highest BCUT2D eigenvalue weighted by Gasteiger charge is 2.33. The molecule has 6 rings (SSSR count). The van der Waals surface area contributed by atoms with Gasteiger partial charge in [-0.05, 0) is 66.6 Å². The molecule has 1 amide bonds. The van der Waals surface area contributed by atoms with Gasteiger partial charge >= 0.3 is 0 Å². The van der Waals surface area contributed by atoms with Gasteiger partial charge in [-0.2, -0.15) is 0 Å². The van der Waals surface area contributed by atoms with E-state index in [-0.39, 0.29) is 23.7 Å². The van der Waals surface area contributed by atoms with Crippen molar-refractivity contribution in [2.24, 2.45) is 4.99 Å². The van der Waals surface area contributed by atoms with E-state index in [1.807, 2.05) is 61.5 Å². The van der Waals surface area contributed by atoms with E-state index in [1.165, 1.54) is 22.0 Å². The van der Waals surface area contributed by atoms with Gasteiger partial charge in [-0.15, -0.1) is 6.42 Å². The average Bonchev–Trinajstić information content (AvgIpc) is 3.35. The largest absolute Gasteiger partial charge is 0.504 e. The van der Waals surface area contributed by atoms with Crippen LogP contribution < -0.4 is 29.7 Å². The summed E-state index contributed by atoms with van der Waals surface area (Å²) in [5.74, 6) is 2.86. The predicted molar refractivity (Wildman–Crippen MR) is 176 cm³/mol. The zero-order valence-electron chi connectivity index (χ0n) is 24.6. The van der Waals surface area contributed by atoms with E-state index in [0.29, 0.717) is 49.8 Å². The minimum atomic E-state index is -0.850. The van der Waals surface area contributed by atoms with Crippen molar-refractivity contribution < 1.29 is 19.4 Å². The third-order valence-corrected chi connectivity index (χ3v) is 8.40. The summed E-state index contributed by atoms with van der Waals surface area (Å²) in [5, 5.41) is 15.3. The Morgan fingerprint density at radius 3 is 2.62 bits per heavy atom. The predicted octanol–water partition coefficient (Wildman–Crippen LogP) is 5.14. The molecule has 0 unspecified atom stereocenters. The smallest absolute Gasteiger partial charge is 0.271 e. The molecule has 1 aliphatic rings. The number of anilines is 1. The fourth-order valence-electron chi connectivity index (χ4n) is 5.42. The van der Waals surface area contributed by atoms with Gasteiger partial charge in [0.05, 0.1) is 28.5 Å². The third kappa shape index (κ3) is 5.71. The minimum absolute atomic E-state index is 0.0422. The highest BCUT2D eigenvalue weighted by atomic mass is 32.1. The number of benzene rings is 4. The standard InChI is InChI=1S/C36H29N3O5S/c1-4-19-44-29-18-16-23-11-9-10-14-26(23)27(29)21-31-35(42)39-33(24-15-17-28(40)30(20-24)43-5-2)32(22(3)37-36(39)45-31)34(41)38-25-12-7-6-8-13-25/h1,6-18,20-21,33,40H,5,19H2,2-3H3,(H,38,41)/b31-21-/t33-/m1/s1. The van der Waals surface area contributed by atoms with Crippen molar-refractivity contribution in [3.8, 4) is 29.6 Å². The number of amides is 1. The number of para-hydroxylation sites is 1. The van der Waals surface area contributed by atoms with Gasteiger partial charge in [0.1, 0.15) is 12.4 Å². The molecule has 4 aromatic carbocycles. The van der Waals surface area contributed by atoms with Crippen LogP contribution in [0, 0.1) is 12.3 Å². The lowest BCUT2D eigenvalue weighted by molar-refractivity contribution is -0.113. The van der Waals surface area contributed by atoms with Crippen LogP contribution in [-0.4, -0.2) is 28.8 Å². The number of terminal acetylenes is 1. The molecular formula is C36H29N3O5S. The molecule has 1 aliphatic heterocycles. The summed E-state index contributed by atoms with van der Waals surface area (Å²) in [6.45, 7) is 3.96. The van der Waals surface area contributed by atoms with E-state index in [4.69, 9.17) is 20.9 Å². The molecule has 9 heteroatoms. The molecular weight excluding hydrogens is 586 g/mol. The van der Waals surface area contributed by atoms with Crippen molar-refractivity contribution in [3.05, 3.63) is 127 Å². The van der Waals surface area contributed by atoms with Crippen LogP contribution in [0.5, 0.6) is 17.2 Å². The van der Waals surface area contributed by atoms with E-state index in [9.17, 15) is 14.7 Å². The number of nitrogens with zero attached hydrogens (tertiary/aromatic N) is 2. The lowest BCUT2D eigenvalue weighted by atomic mass is 9.94. The summed E-state index contributed by atoms with van der Waals surface area (Å²) in [4.78, 5) is 33.4. The van der Waals surface area contributed by atoms with Crippen molar-refractivity contribution in [2.75, 3.05) is 18.5 Å². The third-order valence-electron chi connectivity index (χ3n) is 7.41. The lowest BCUT2D eigenvalue weighted by Gasteiger charge is -2.26. The Hall–Kier alpha value is -5.59. The number of carbonyl (C=O) groups excluding carboxylic acids is 1. The average molecular weight is 616 g/mol. The molecule has 1 aromatic heterocycles. The molecule has 0 bridgehead atoms. The Kier molecular flexibility index (Phi) is 8.23. The first-order valence-corrected chi connectivity index (χ1v) is 15.1. The van der Waals surface area contributed by atoms with Gasteiger partial charge in [0, 0.05) is 11.3 Å². The molecule has 0 saturated heterocycles. The number of fused-ring (bicyclic) bond motifs is 2. The van der Waals surface area contributed by atoms with Crippen molar-refractivity contribution in [1.29, 1.82) is 0 Å². The van der Waals surface area contributed by atoms with E-state index in [2.05, 4.69) is 11.2 Å². The number of ether oxygens (including phenoxy) is 2. The summed E-state index contributed by atoms with van der Waals surface area (Å²) in [6, 6.07) is 24.7. The topological polar surface area (TPSA) is 102 Å². The second kappa shape index (κ2) is 12.6. The minimum Gasteiger partial charge on any atom is -0.504 e. The fourth-order valence-corrected chi connectivity index (χ4v) is 6.45. The number of aromatic hydroxyl groups is 1. The number of carbonyl (C=O) groups is 1. The number of phenolic OH excluding ortho intramolecular Hbond substituents is 1. The van der Waals surface area contributed by atoms with Crippen LogP contribution in [-0.2, 0) is 4.79 Å². The van der Waals surface area contributed by atoms with Gasteiger partial charge in [0.25, 0.3) is 11.5 Å². The van der Waals surface area contributed by atoms with Crippen LogP contribution in [0.15, 0.2) is 106 Å². The number of rotatable bonds is 8. The second-order valence-electron chi connectivity index (χ2n) is 10.3. The van der Waals surface area contributed by atoms with E-state index < -0.39 is 11.9 Å². The molecule has 45 heavy (non-hydrogen) atoms. The zero-order chi connectivity index (χ0) is 31.5. The number of thiazole rings is 1. The monoisotopic (exact) mass is 615 g/mol. The summed E-state index contributed by atoms with van der Waals surface area (Å²) in [6.07, 6.45) is 7.27. The van der Waals surface area contributed by atoms with Gasteiger partial charge in [0.2, 0.25) is 0 Å². The van der Waals surface area contributed by atoms with Crippen LogP contribution in [0.4, 0.5) is 5.69 Å². The van der Waals surface area contributed by atoms with E-state index in [0.717, 1.165) is 10.8 Å². The van der Waals surface area contributed by atoms with Crippen LogP contribution in [0.25, 0.3) is 16.8 Å². The van der Waals surface area contributed by atoms with Crippen molar-refractivity contribution >= 4 is 39.8 Å². The maximum Gasteiger partial charge on any atom is 0.271 e. The van der Waals surface area contributed by atoms with Gasteiger partial charge < -0.3 is 19.9 Å². The summed E-state index contributed by atoms with van der Waals surface area (Å²) >= 11 is 1.22. The van der Waals surface area contributed by atoms with Gasteiger partial charge in [-0.3, -0.25) is 14.2 Å². The Morgan fingerprint density at radius 2 is 1.84 bits per heavy atom. The Morgan fingerprint density at radius 1 is 1.07 bits per heavy atom. The Bertz CT molecular complexity index is 2190. The molecule has 2 heterocycles. The highest BCUT2D eigenvalue weighted by Crippen LogP contribution is 2.36. The molecule has 2 N–H and O–H groups in total. The van der Waals surface area contributed by atoms with E-state index in [1.54, 1.807) is 37.3 Å². The van der Waals surface area contributed by atoms with Crippen LogP contribution in [0.3, 0.4) is 0 Å². The fraction of sp³-hybridized carbons (Fsp3) is 0.139. The molecule has 8 nitrogen and oxygen atoms in total. The Labute approximate surface area is 263 Å². The first-order chi connectivity index (χ1) is 21.9. The number of aromatic nitrogens is 1. The quantitative estimate of drug-likeness (QED) is 0.235. The molecule has 0 spiro atoms. The van der Waals surface area contributed by atoms with Crippen LogP contribution in [0.2, 0.25) is 0 Å². The second-order valence-corrected chi connectivity index (χ2v) is 11.3. The molecule has 1 atom stereocenters. The molecule has 0 radical (unpaired) electrons. The summed E-state index contributed by atoms with van der Waals surface area (Å²) in [5.41, 5.74) is 2.34. The van der Waals surface area contributed by atoms with Crippen molar-refractivity contribution in [2.45, 2.75) is 19.9 Å². The first-order valence-electron chi connectivity index (χ1n) is 14.3. The van der Waals surface area contributed by atoms with Crippen LogP contribution >= 0.6 is 11.3 Å². The SMILES string of the molecule is C#CCOc1ccc2ccccc2c1/C=c1\sc2n(c1=O)[C@H](c1ccc(O)c(OCC)c1)C(C(=O)Nc1ccccc1)=C(C)N=2. The lowest BCUT2D eigenvalue weighted by Crippen LogP contribution is -2.40. The normalized spacial score (nSPS) is 14.4. The maximum absolute atomic E-state index is 14.3.